The molecule has 0 spiro atoms. The van der Waals surface area contributed by atoms with Gasteiger partial charge in [-0.1, -0.05) is 11.2 Å². The quantitative estimate of drug-likeness (QED) is 0.522. The number of sulfone groups is 1. The van der Waals surface area contributed by atoms with Gasteiger partial charge in [-0.2, -0.15) is 0 Å². The molecule has 3 aromatic rings. The summed E-state index contributed by atoms with van der Waals surface area (Å²) in [7, 11) is -3.14. The van der Waals surface area contributed by atoms with Crippen molar-refractivity contribution in [2.45, 2.75) is 24.5 Å². The van der Waals surface area contributed by atoms with E-state index in [-0.39, 0.29) is 36.5 Å². The van der Waals surface area contributed by atoms with E-state index in [9.17, 15) is 18.3 Å². The summed E-state index contributed by atoms with van der Waals surface area (Å²) in [6, 6.07) is 9.31. The Hall–Kier alpha value is -3.51. The fourth-order valence-corrected chi connectivity index (χ4v) is 5.73. The highest BCUT2D eigenvalue weighted by atomic mass is 32.2. The summed E-state index contributed by atoms with van der Waals surface area (Å²) in [4.78, 5) is 18.0. The highest BCUT2D eigenvalue weighted by molar-refractivity contribution is 7.91. The van der Waals surface area contributed by atoms with Crippen LogP contribution in [0.15, 0.2) is 53.4 Å². The number of nitrogens with zero attached hydrogens (tertiary/aromatic N) is 3. The Balaban J connectivity index is 1.27. The first-order chi connectivity index (χ1) is 16.7. The van der Waals surface area contributed by atoms with E-state index in [0.717, 1.165) is 0 Å². The molecule has 2 aromatic heterocycles. The first kappa shape index (κ1) is 23.2. The molecule has 0 saturated carbocycles. The highest BCUT2D eigenvalue weighted by Crippen LogP contribution is 2.34. The molecule has 0 radical (unpaired) electrons. The largest absolute Gasteiger partial charge is 0.442 e. The van der Waals surface area contributed by atoms with E-state index in [4.69, 9.17) is 9.26 Å². The van der Waals surface area contributed by atoms with Gasteiger partial charge in [0.1, 0.15) is 23.8 Å². The maximum absolute atomic E-state index is 15.0. The van der Waals surface area contributed by atoms with Crippen molar-refractivity contribution in [2.75, 3.05) is 34.8 Å². The summed E-state index contributed by atoms with van der Waals surface area (Å²) < 4.78 is 48.4. The highest BCUT2D eigenvalue weighted by Gasteiger charge is 2.38. The van der Waals surface area contributed by atoms with Crippen molar-refractivity contribution in [3.05, 3.63) is 60.4 Å². The van der Waals surface area contributed by atoms with Gasteiger partial charge >= 0.3 is 6.09 Å². The standard InChI is InChI=1S/C23H23FN4O6S/c24-19-11-16(28-14-17(34-22(28)29)13-26-21-5-8-33-27-21)2-3-18(19)15-1-4-20(25-12-15)23(30)6-9-35(31,32)10-7-23/h1-5,8,11-12,17,30H,6-7,9-10,13-14H2,(H,26,27)/t17-/m0/s1. The number of aliphatic hydroxyl groups is 1. The molecule has 184 valence electrons. The van der Waals surface area contributed by atoms with Crippen molar-refractivity contribution in [1.29, 1.82) is 0 Å². The number of halogens is 1. The molecule has 35 heavy (non-hydrogen) atoms. The Morgan fingerprint density at radius 3 is 2.66 bits per heavy atom. The van der Waals surface area contributed by atoms with E-state index in [2.05, 4.69) is 15.5 Å². The molecule has 0 unspecified atom stereocenters. The lowest BCUT2D eigenvalue weighted by Crippen LogP contribution is -2.37. The van der Waals surface area contributed by atoms with Gasteiger partial charge < -0.3 is 19.7 Å². The van der Waals surface area contributed by atoms with Crippen LogP contribution in [-0.4, -0.2) is 60.5 Å². The van der Waals surface area contributed by atoms with E-state index in [1.54, 1.807) is 30.3 Å². The molecule has 2 aliphatic heterocycles. The Labute approximate surface area is 200 Å². The van der Waals surface area contributed by atoms with Crippen LogP contribution in [0.2, 0.25) is 0 Å². The van der Waals surface area contributed by atoms with E-state index < -0.39 is 33.5 Å². The first-order valence-electron chi connectivity index (χ1n) is 11.0. The van der Waals surface area contributed by atoms with Gasteiger partial charge in [-0.05, 0) is 37.1 Å². The Bertz CT molecular complexity index is 1320. The molecule has 2 saturated heterocycles. The predicted octanol–water partition coefficient (Wildman–Crippen LogP) is 2.71. The fraction of sp³-hybridized carbons (Fsp3) is 0.348. The second kappa shape index (κ2) is 8.93. The molecule has 1 amide bonds. The predicted molar refractivity (Wildman–Crippen MR) is 124 cm³/mol. The molecule has 0 bridgehead atoms. The third kappa shape index (κ3) is 4.84. The summed E-state index contributed by atoms with van der Waals surface area (Å²) in [5, 5.41) is 17.6. The molecule has 12 heteroatoms. The van der Waals surface area contributed by atoms with Crippen molar-refractivity contribution in [2.24, 2.45) is 0 Å². The average Bonchev–Trinajstić information content (AvgIpc) is 3.49. The van der Waals surface area contributed by atoms with Crippen LogP contribution in [0.5, 0.6) is 0 Å². The van der Waals surface area contributed by atoms with Gasteiger partial charge in [0.2, 0.25) is 0 Å². The number of anilines is 2. The SMILES string of the molecule is O=C1O[C@@H](CNc2ccon2)CN1c1ccc(-c2ccc(C3(O)CCS(=O)(=O)CC3)nc2)c(F)c1. The summed E-state index contributed by atoms with van der Waals surface area (Å²) >= 11 is 0. The second-order valence-corrected chi connectivity index (χ2v) is 11.0. The molecule has 2 N–H and O–H groups in total. The lowest BCUT2D eigenvalue weighted by atomic mass is 9.91. The smallest absolute Gasteiger partial charge is 0.414 e. The van der Waals surface area contributed by atoms with Crippen LogP contribution in [0, 0.1) is 5.82 Å². The van der Waals surface area contributed by atoms with E-state index in [0.29, 0.717) is 29.3 Å². The summed E-state index contributed by atoms with van der Waals surface area (Å²) in [6.07, 6.45) is 2.01. The second-order valence-electron chi connectivity index (χ2n) is 8.66. The van der Waals surface area contributed by atoms with Crippen LogP contribution in [-0.2, 0) is 20.2 Å². The Morgan fingerprint density at radius 1 is 1.20 bits per heavy atom. The molecule has 0 aliphatic carbocycles. The minimum atomic E-state index is -3.14. The number of cyclic esters (lactones) is 1. The van der Waals surface area contributed by atoms with E-state index >= 15 is 4.39 Å². The van der Waals surface area contributed by atoms with Gasteiger partial charge in [-0.15, -0.1) is 0 Å². The van der Waals surface area contributed by atoms with Crippen molar-refractivity contribution in [1.82, 2.24) is 10.1 Å². The molecule has 1 aromatic carbocycles. The van der Waals surface area contributed by atoms with Crippen molar-refractivity contribution in [3.8, 4) is 11.1 Å². The normalized spacial score (nSPS) is 21.0. The van der Waals surface area contributed by atoms with Crippen molar-refractivity contribution < 1.29 is 32.0 Å². The Kier molecular flexibility index (Phi) is 5.93. The zero-order valence-corrected chi connectivity index (χ0v) is 19.4. The number of benzene rings is 1. The van der Waals surface area contributed by atoms with Crippen molar-refractivity contribution >= 4 is 27.4 Å². The number of pyridine rings is 1. The molecule has 4 heterocycles. The molecule has 2 aliphatic rings. The molecule has 5 rings (SSSR count). The van der Waals surface area contributed by atoms with Crippen molar-refractivity contribution in [3.63, 3.8) is 0 Å². The zero-order chi connectivity index (χ0) is 24.6. The number of nitrogens with one attached hydrogen (secondary N) is 1. The molecular weight excluding hydrogens is 479 g/mol. The first-order valence-corrected chi connectivity index (χ1v) is 12.9. The summed E-state index contributed by atoms with van der Waals surface area (Å²) in [5.74, 6) is -0.218. The summed E-state index contributed by atoms with van der Waals surface area (Å²) in [5.41, 5.74) is 0.175. The number of carbonyl (C=O) groups excluding carboxylic acids is 1. The van der Waals surface area contributed by atoms with Crippen LogP contribution >= 0.6 is 0 Å². The zero-order valence-electron chi connectivity index (χ0n) is 18.6. The molecule has 10 nitrogen and oxygen atoms in total. The third-order valence-electron chi connectivity index (χ3n) is 6.29. The monoisotopic (exact) mass is 502 g/mol. The topological polar surface area (TPSA) is 135 Å². The van der Waals surface area contributed by atoms with Crippen LogP contribution in [0.1, 0.15) is 18.5 Å². The number of amides is 1. The van der Waals surface area contributed by atoms with E-state index in [1.807, 2.05) is 0 Å². The van der Waals surface area contributed by atoms with E-state index in [1.165, 1.54) is 23.4 Å². The minimum absolute atomic E-state index is 0.0752. The number of carbonyl (C=O) groups is 1. The fourth-order valence-electron chi connectivity index (χ4n) is 4.23. The van der Waals surface area contributed by atoms with Gasteiger partial charge in [0, 0.05) is 23.4 Å². The number of rotatable bonds is 6. The lowest BCUT2D eigenvalue weighted by Gasteiger charge is -2.31. The lowest BCUT2D eigenvalue weighted by molar-refractivity contribution is 0.0220. The van der Waals surface area contributed by atoms with Crippen LogP contribution in [0.3, 0.4) is 0 Å². The van der Waals surface area contributed by atoms with Gasteiger partial charge in [0.25, 0.3) is 0 Å². The summed E-state index contributed by atoms with van der Waals surface area (Å²) in [6.45, 7) is 0.568. The molecule has 1 atom stereocenters. The van der Waals surface area contributed by atoms with Crippen LogP contribution < -0.4 is 10.2 Å². The van der Waals surface area contributed by atoms with Gasteiger partial charge in [-0.25, -0.2) is 17.6 Å². The maximum Gasteiger partial charge on any atom is 0.414 e. The third-order valence-corrected chi connectivity index (χ3v) is 7.94. The Morgan fingerprint density at radius 2 is 2.00 bits per heavy atom. The van der Waals surface area contributed by atoms with Gasteiger partial charge in [-0.3, -0.25) is 9.88 Å². The average molecular weight is 503 g/mol. The van der Waals surface area contributed by atoms with Gasteiger partial charge in [0.15, 0.2) is 15.7 Å². The molecule has 2 fully saturated rings. The van der Waals surface area contributed by atoms with Gasteiger partial charge in [0.05, 0.1) is 36.0 Å². The number of hydrogen-bond donors (Lipinski definition) is 2. The minimum Gasteiger partial charge on any atom is -0.442 e. The number of aromatic nitrogens is 2. The molecular formula is C23H23FN4O6S. The maximum atomic E-state index is 15.0. The number of ether oxygens (including phenoxy) is 1. The van der Waals surface area contributed by atoms with Crippen LogP contribution in [0.4, 0.5) is 20.7 Å². The number of hydrogen-bond acceptors (Lipinski definition) is 9. The van der Waals surface area contributed by atoms with Crippen LogP contribution in [0.25, 0.3) is 11.1 Å².